The minimum atomic E-state index is -1.07. The lowest BCUT2D eigenvalue weighted by molar-refractivity contribution is 0.0695. The summed E-state index contributed by atoms with van der Waals surface area (Å²) < 4.78 is 13.6. The van der Waals surface area contributed by atoms with Crippen LogP contribution in [0.5, 0.6) is 0 Å². The maximum Gasteiger partial charge on any atom is 0.336 e. The molecule has 0 aromatic heterocycles. The summed E-state index contributed by atoms with van der Waals surface area (Å²) in [6, 6.07) is 3.10. The molecule has 1 fully saturated rings. The standard InChI is InChI=1S/C12H14FNO2/c1-7-9(12(15)16)5-8(6-10(7)13)11-3-2-4-14-11/h5-6,11,14H,2-4H2,1H3,(H,15,16). The summed E-state index contributed by atoms with van der Waals surface area (Å²) in [7, 11) is 0. The highest BCUT2D eigenvalue weighted by Crippen LogP contribution is 2.26. The molecule has 1 aliphatic heterocycles. The largest absolute Gasteiger partial charge is 0.478 e. The van der Waals surface area contributed by atoms with Crippen LogP contribution in [0.1, 0.15) is 40.4 Å². The highest BCUT2D eigenvalue weighted by atomic mass is 19.1. The fourth-order valence-corrected chi connectivity index (χ4v) is 2.09. The van der Waals surface area contributed by atoms with Crippen molar-refractivity contribution in [1.29, 1.82) is 0 Å². The molecule has 3 nitrogen and oxygen atoms in total. The quantitative estimate of drug-likeness (QED) is 0.808. The van der Waals surface area contributed by atoms with Crippen LogP contribution in [0.3, 0.4) is 0 Å². The van der Waals surface area contributed by atoms with Crippen molar-refractivity contribution >= 4 is 5.97 Å². The second kappa shape index (κ2) is 4.22. The molecule has 0 bridgehead atoms. The molecule has 2 N–H and O–H groups in total. The van der Waals surface area contributed by atoms with Crippen molar-refractivity contribution in [3.8, 4) is 0 Å². The van der Waals surface area contributed by atoms with Gasteiger partial charge in [0.25, 0.3) is 0 Å². The number of aromatic carboxylic acids is 1. The molecule has 0 radical (unpaired) electrons. The summed E-state index contributed by atoms with van der Waals surface area (Å²) in [4.78, 5) is 11.0. The Labute approximate surface area is 93.3 Å². The Hall–Kier alpha value is -1.42. The van der Waals surface area contributed by atoms with Crippen LogP contribution in [0.25, 0.3) is 0 Å². The van der Waals surface area contributed by atoms with E-state index in [-0.39, 0.29) is 17.2 Å². The maximum absolute atomic E-state index is 13.6. The van der Waals surface area contributed by atoms with Crippen molar-refractivity contribution in [3.63, 3.8) is 0 Å². The van der Waals surface area contributed by atoms with Crippen molar-refractivity contribution in [2.45, 2.75) is 25.8 Å². The maximum atomic E-state index is 13.6. The van der Waals surface area contributed by atoms with Gasteiger partial charge in [0.1, 0.15) is 5.82 Å². The van der Waals surface area contributed by atoms with Gasteiger partial charge in [0.15, 0.2) is 0 Å². The summed E-state index contributed by atoms with van der Waals surface area (Å²) in [5, 5.41) is 12.2. The number of benzene rings is 1. The van der Waals surface area contributed by atoms with Crippen LogP contribution >= 0.6 is 0 Å². The molecule has 16 heavy (non-hydrogen) atoms. The zero-order valence-electron chi connectivity index (χ0n) is 9.09. The van der Waals surface area contributed by atoms with Crippen LogP contribution in [0.4, 0.5) is 4.39 Å². The van der Waals surface area contributed by atoms with Gasteiger partial charge in [-0.25, -0.2) is 9.18 Å². The molecular weight excluding hydrogens is 209 g/mol. The summed E-state index contributed by atoms with van der Waals surface area (Å²) in [6.07, 6.45) is 1.98. The van der Waals surface area contributed by atoms with E-state index in [1.807, 2.05) is 0 Å². The van der Waals surface area contributed by atoms with E-state index < -0.39 is 11.8 Å². The molecule has 0 saturated carbocycles. The predicted octanol–water partition coefficient (Wildman–Crippen LogP) is 2.26. The molecular formula is C12H14FNO2. The number of hydrogen-bond acceptors (Lipinski definition) is 2. The van der Waals surface area contributed by atoms with Gasteiger partial charge in [-0.1, -0.05) is 0 Å². The van der Waals surface area contributed by atoms with Gasteiger partial charge in [0.2, 0.25) is 0 Å². The minimum Gasteiger partial charge on any atom is -0.478 e. The lowest BCUT2D eigenvalue weighted by Crippen LogP contribution is -2.14. The number of carboxylic acid groups (broad SMARTS) is 1. The van der Waals surface area contributed by atoms with Gasteiger partial charge in [0.05, 0.1) is 5.56 Å². The van der Waals surface area contributed by atoms with Crippen molar-refractivity contribution < 1.29 is 14.3 Å². The molecule has 4 heteroatoms. The zero-order chi connectivity index (χ0) is 11.7. The van der Waals surface area contributed by atoms with Crippen molar-refractivity contribution in [3.05, 3.63) is 34.6 Å². The molecule has 1 aromatic carbocycles. The highest BCUT2D eigenvalue weighted by Gasteiger charge is 2.20. The van der Waals surface area contributed by atoms with E-state index in [0.717, 1.165) is 24.9 Å². The van der Waals surface area contributed by atoms with Gasteiger partial charge in [-0.15, -0.1) is 0 Å². The topological polar surface area (TPSA) is 49.3 Å². The van der Waals surface area contributed by atoms with Crippen LogP contribution in [0.15, 0.2) is 12.1 Å². The van der Waals surface area contributed by atoms with Gasteiger partial charge in [-0.3, -0.25) is 0 Å². The first-order chi connectivity index (χ1) is 7.59. The monoisotopic (exact) mass is 223 g/mol. The van der Waals surface area contributed by atoms with E-state index in [2.05, 4.69) is 5.32 Å². The molecule has 86 valence electrons. The summed E-state index contributed by atoms with van der Waals surface area (Å²) >= 11 is 0. The number of hydrogen-bond donors (Lipinski definition) is 2. The van der Waals surface area contributed by atoms with E-state index in [9.17, 15) is 9.18 Å². The van der Waals surface area contributed by atoms with E-state index in [1.165, 1.54) is 13.0 Å². The molecule has 0 spiro atoms. The van der Waals surface area contributed by atoms with Crippen LogP contribution in [0, 0.1) is 12.7 Å². The first-order valence-corrected chi connectivity index (χ1v) is 5.36. The Kier molecular flexibility index (Phi) is 2.92. The second-order valence-electron chi connectivity index (χ2n) is 4.13. The molecule has 1 aromatic rings. The number of halogens is 1. The highest BCUT2D eigenvalue weighted by molar-refractivity contribution is 5.89. The number of carboxylic acids is 1. The first-order valence-electron chi connectivity index (χ1n) is 5.36. The number of rotatable bonds is 2. The van der Waals surface area contributed by atoms with Crippen molar-refractivity contribution in [2.75, 3.05) is 6.54 Å². The average molecular weight is 223 g/mol. The molecule has 1 heterocycles. The Morgan fingerprint density at radius 1 is 1.56 bits per heavy atom. The van der Waals surface area contributed by atoms with Crippen LogP contribution < -0.4 is 5.32 Å². The molecule has 1 saturated heterocycles. The van der Waals surface area contributed by atoms with Gasteiger partial charge in [-0.2, -0.15) is 0 Å². The van der Waals surface area contributed by atoms with E-state index in [0.29, 0.717) is 0 Å². The molecule has 2 rings (SSSR count). The Balaban J connectivity index is 2.43. The summed E-state index contributed by atoms with van der Waals surface area (Å²) in [6.45, 7) is 2.40. The molecule has 1 aliphatic rings. The lowest BCUT2D eigenvalue weighted by atomic mass is 9.99. The third-order valence-corrected chi connectivity index (χ3v) is 3.06. The van der Waals surface area contributed by atoms with Gasteiger partial charge < -0.3 is 10.4 Å². The van der Waals surface area contributed by atoms with Gasteiger partial charge in [0, 0.05) is 6.04 Å². The van der Waals surface area contributed by atoms with Crippen LogP contribution in [-0.4, -0.2) is 17.6 Å². The fourth-order valence-electron chi connectivity index (χ4n) is 2.09. The number of carbonyl (C=O) groups is 1. The number of nitrogens with one attached hydrogen (secondary N) is 1. The normalized spacial score (nSPS) is 20.0. The molecule has 0 amide bonds. The summed E-state index contributed by atoms with van der Waals surface area (Å²) in [5.41, 5.74) is 0.996. The van der Waals surface area contributed by atoms with Crippen molar-refractivity contribution in [2.24, 2.45) is 0 Å². The third kappa shape index (κ3) is 1.93. The second-order valence-corrected chi connectivity index (χ2v) is 4.13. The zero-order valence-corrected chi connectivity index (χ0v) is 9.09. The molecule has 1 atom stereocenters. The van der Waals surface area contributed by atoms with Crippen molar-refractivity contribution in [1.82, 2.24) is 5.32 Å². The molecule has 0 aliphatic carbocycles. The molecule has 1 unspecified atom stereocenters. The van der Waals surface area contributed by atoms with Gasteiger partial charge >= 0.3 is 5.97 Å². The van der Waals surface area contributed by atoms with Crippen LogP contribution in [0.2, 0.25) is 0 Å². The van der Waals surface area contributed by atoms with E-state index in [1.54, 1.807) is 6.07 Å². The smallest absolute Gasteiger partial charge is 0.336 e. The fraction of sp³-hybridized carbons (Fsp3) is 0.417. The average Bonchev–Trinajstić information content (AvgIpc) is 2.74. The third-order valence-electron chi connectivity index (χ3n) is 3.06. The minimum absolute atomic E-state index is 0.0590. The van der Waals surface area contributed by atoms with E-state index in [4.69, 9.17) is 5.11 Å². The van der Waals surface area contributed by atoms with Crippen LogP contribution in [-0.2, 0) is 0 Å². The first kappa shape index (κ1) is 11.1. The Morgan fingerprint density at radius 3 is 2.88 bits per heavy atom. The SMILES string of the molecule is Cc1c(F)cc(C2CCCN2)cc1C(=O)O. The van der Waals surface area contributed by atoms with Gasteiger partial charge in [-0.05, 0) is 49.6 Å². The summed E-state index contributed by atoms with van der Waals surface area (Å²) in [5.74, 6) is -1.51. The van der Waals surface area contributed by atoms with E-state index >= 15 is 0 Å². The Morgan fingerprint density at radius 2 is 2.31 bits per heavy atom. The Bertz CT molecular complexity index is 425. The lowest BCUT2D eigenvalue weighted by Gasteiger charge is -2.13. The predicted molar refractivity (Wildman–Crippen MR) is 58.1 cm³/mol.